The molecule has 4 nitrogen and oxygen atoms in total. The van der Waals surface area contributed by atoms with Gasteiger partial charge in [-0.1, -0.05) is 24.3 Å². The molecule has 0 aliphatic heterocycles. The molecule has 0 spiro atoms. The Labute approximate surface area is 147 Å². The molecule has 5 heteroatoms. The van der Waals surface area contributed by atoms with Crippen molar-refractivity contribution in [2.45, 2.75) is 18.7 Å². The summed E-state index contributed by atoms with van der Waals surface area (Å²) in [6.45, 7) is 1.98. The molecule has 1 atom stereocenters. The predicted octanol–water partition coefficient (Wildman–Crippen LogP) is 3.81. The van der Waals surface area contributed by atoms with E-state index in [4.69, 9.17) is 9.47 Å². The van der Waals surface area contributed by atoms with E-state index in [0.29, 0.717) is 5.75 Å². The molecule has 0 heterocycles. The minimum Gasteiger partial charge on any atom is -0.497 e. The van der Waals surface area contributed by atoms with E-state index in [1.807, 2.05) is 55.5 Å². The van der Waals surface area contributed by atoms with E-state index >= 15 is 0 Å². The van der Waals surface area contributed by atoms with Crippen molar-refractivity contribution in [1.82, 2.24) is 5.32 Å². The van der Waals surface area contributed by atoms with Crippen LogP contribution in [0.1, 0.15) is 24.1 Å². The first-order valence-corrected chi connectivity index (χ1v) is 8.92. The van der Waals surface area contributed by atoms with Crippen molar-refractivity contribution >= 4 is 17.7 Å². The van der Waals surface area contributed by atoms with Gasteiger partial charge in [-0.2, -0.15) is 0 Å². The number of ether oxygens (including phenoxy) is 2. The van der Waals surface area contributed by atoms with E-state index in [1.54, 1.807) is 26.0 Å². The molecule has 0 saturated carbocycles. The lowest BCUT2D eigenvalue weighted by Crippen LogP contribution is -2.28. The van der Waals surface area contributed by atoms with Gasteiger partial charge in [-0.15, -0.1) is 11.8 Å². The highest BCUT2D eigenvalue weighted by Crippen LogP contribution is 2.19. The summed E-state index contributed by atoms with van der Waals surface area (Å²) in [6, 6.07) is 15.6. The fourth-order valence-corrected chi connectivity index (χ4v) is 3.04. The number of nitrogens with one attached hydrogen (secondary N) is 1. The summed E-state index contributed by atoms with van der Waals surface area (Å²) >= 11 is 1.60. The zero-order chi connectivity index (χ0) is 17.4. The van der Waals surface area contributed by atoms with Gasteiger partial charge in [0.25, 0.3) is 0 Å². The van der Waals surface area contributed by atoms with Crippen LogP contribution in [0.5, 0.6) is 11.5 Å². The first-order valence-electron chi connectivity index (χ1n) is 7.76. The SMILES string of the molecule is COc1ccc(CSCC(=O)NC(C)c2ccc(OC)cc2)cc1. The van der Waals surface area contributed by atoms with Crippen molar-refractivity contribution in [2.75, 3.05) is 20.0 Å². The molecule has 1 amide bonds. The third-order valence-electron chi connectivity index (χ3n) is 3.65. The fraction of sp³-hybridized carbons (Fsp3) is 0.316. The maximum atomic E-state index is 12.1. The molecule has 24 heavy (non-hydrogen) atoms. The Morgan fingerprint density at radius 2 is 1.54 bits per heavy atom. The van der Waals surface area contributed by atoms with E-state index in [0.717, 1.165) is 22.8 Å². The monoisotopic (exact) mass is 345 g/mol. The Bertz CT molecular complexity index is 641. The van der Waals surface area contributed by atoms with Gasteiger partial charge in [-0.25, -0.2) is 0 Å². The summed E-state index contributed by atoms with van der Waals surface area (Å²) in [5, 5.41) is 3.02. The summed E-state index contributed by atoms with van der Waals surface area (Å²) < 4.78 is 10.3. The second-order valence-electron chi connectivity index (χ2n) is 5.40. The third-order valence-corrected chi connectivity index (χ3v) is 4.66. The fourth-order valence-electron chi connectivity index (χ4n) is 2.24. The molecule has 1 unspecified atom stereocenters. The van der Waals surface area contributed by atoms with Crippen LogP contribution < -0.4 is 14.8 Å². The first-order chi connectivity index (χ1) is 11.6. The molecular formula is C19H23NO3S. The number of carbonyl (C=O) groups excluding carboxylic acids is 1. The van der Waals surface area contributed by atoms with Gasteiger partial charge < -0.3 is 14.8 Å². The second-order valence-corrected chi connectivity index (χ2v) is 6.39. The van der Waals surface area contributed by atoms with Crippen LogP contribution in [0.4, 0.5) is 0 Å². The van der Waals surface area contributed by atoms with Crippen molar-refractivity contribution in [3.8, 4) is 11.5 Å². The van der Waals surface area contributed by atoms with E-state index in [-0.39, 0.29) is 11.9 Å². The van der Waals surface area contributed by atoms with Crippen LogP contribution in [0, 0.1) is 0 Å². The first kappa shape index (κ1) is 18.2. The van der Waals surface area contributed by atoms with E-state index in [2.05, 4.69) is 5.32 Å². The molecule has 2 rings (SSSR count). The maximum Gasteiger partial charge on any atom is 0.230 e. The predicted molar refractivity (Wildman–Crippen MR) is 98.7 cm³/mol. The van der Waals surface area contributed by atoms with Crippen LogP contribution in [0.15, 0.2) is 48.5 Å². The van der Waals surface area contributed by atoms with E-state index < -0.39 is 0 Å². The lowest BCUT2D eigenvalue weighted by molar-refractivity contribution is -0.119. The zero-order valence-electron chi connectivity index (χ0n) is 14.2. The van der Waals surface area contributed by atoms with Gasteiger partial charge in [0.1, 0.15) is 11.5 Å². The van der Waals surface area contributed by atoms with Gasteiger partial charge in [0, 0.05) is 5.75 Å². The standard InChI is InChI=1S/C19H23NO3S/c1-14(16-6-10-18(23-3)11-7-16)20-19(21)13-24-12-15-4-8-17(22-2)9-5-15/h4-11,14H,12-13H2,1-3H3,(H,20,21). The lowest BCUT2D eigenvalue weighted by atomic mass is 10.1. The molecule has 0 radical (unpaired) electrons. The molecule has 0 aromatic heterocycles. The quantitative estimate of drug-likeness (QED) is 0.790. The van der Waals surface area contributed by atoms with Crippen LogP contribution in [0.3, 0.4) is 0 Å². The summed E-state index contributed by atoms with van der Waals surface area (Å²) in [5.41, 5.74) is 2.24. The van der Waals surface area contributed by atoms with Gasteiger partial charge in [0.05, 0.1) is 26.0 Å². The van der Waals surface area contributed by atoms with Gasteiger partial charge in [0.2, 0.25) is 5.91 Å². The van der Waals surface area contributed by atoms with Crippen molar-refractivity contribution in [3.63, 3.8) is 0 Å². The number of benzene rings is 2. The Balaban J connectivity index is 1.75. The molecular weight excluding hydrogens is 322 g/mol. The van der Waals surface area contributed by atoms with Crippen LogP contribution in [0.2, 0.25) is 0 Å². The summed E-state index contributed by atoms with van der Waals surface area (Å²) in [4.78, 5) is 12.1. The normalized spacial score (nSPS) is 11.6. The van der Waals surface area contributed by atoms with Gasteiger partial charge in [0.15, 0.2) is 0 Å². The number of carbonyl (C=O) groups is 1. The van der Waals surface area contributed by atoms with Crippen LogP contribution >= 0.6 is 11.8 Å². The molecule has 2 aromatic carbocycles. The minimum atomic E-state index is -0.0232. The molecule has 0 fully saturated rings. The van der Waals surface area contributed by atoms with Gasteiger partial charge >= 0.3 is 0 Å². The second kappa shape index (κ2) is 9.23. The number of methoxy groups -OCH3 is 2. The van der Waals surface area contributed by atoms with Crippen molar-refractivity contribution in [3.05, 3.63) is 59.7 Å². The number of amides is 1. The van der Waals surface area contributed by atoms with Gasteiger partial charge in [-0.3, -0.25) is 4.79 Å². The highest BCUT2D eigenvalue weighted by atomic mass is 32.2. The maximum absolute atomic E-state index is 12.1. The number of hydrogen-bond donors (Lipinski definition) is 1. The smallest absolute Gasteiger partial charge is 0.230 e. The zero-order valence-corrected chi connectivity index (χ0v) is 15.1. The van der Waals surface area contributed by atoms with Crippen molar-refractivity contribution in [2.24, 2.45) is 0 Å². The molecule has 0 bridgehead atoms. The Morgan fingerprint density at radius 1 is 1.00 bits per heavy atom. The summed E-state index contributed by atoms with van der Waals surface area (Å²) in [5.74, 6) is 2.93. The Hall–Kier alpha value is -2.14. The molecule has 2 aromatic rings. The third kappa shape index (κ3) is 5.49. The van der Waals surface area contributed by atoms with Gasteiger partial charge in [-0.05, 0) is 42.3 Å². The summed E-state index contributed by atoms with van der Waals surface area (Å²) in [6.07, 6.45) is 0. The number of rotatable bonds is 8. The van der Waals surface area contributed by atoms with Crippen LogP contribution in [0.25, 0.3) is 0 Å². The van der Waals surface area contributed by atoms with Crippen molar-refractivity contribution in [1.29, 1.82) is 0 Å². The summed E-state index contributed by atoms with van der Waals surface area (Å²) in [7, 11) is 3.29. The number of hydrogen-bond acceptors (Lipinski definition) is 4. The lowest BCUT2D eigenvalue weighted by Gasteiger charge is -2.14. The molecule has 0 saturated heterocycles. The average Bonchev–Trinajstić information content (AvgIpc) is 2.62. The molecule has 0 aliphatic carbocycles. The Kier molecular flexibility index (Phi) is 7.00. The molecule has 128 valence electrons. The molecule has 0 aliphatic rings. The van der Waals surface area contributed by atoms with E-state index in [9.17, 15) is 4.79 Å². The minimum absolute atomic E-state index is 0.0232. The van der Waals surface area contributed by atoms with E-state index in [1.165, 1.54) is 5.56 Å². The number of thioether (sulfide) groups is 1. The average molecular weight is 345 g/mol. The largest absolute Gasteiger partial charge is 0.497 e. The Morgan fingerprint density at radius 3 is 2.08 bits per heavy atom. The molecule has 1 N–H and O–H groups in total. The van der Waals surface area contributed by atoms with Crippen LogP contribution in [-0.2, 0) is 10.5 Å². The topological polar surface area (TPSA) is 47.6 Å². The van der Waals surface area contributed by atoms with Crippen molar-refractivity contribution < 1.29 is 14.3 Å². The van der Waals surface area contributed by atoms with Crippen LogP contribution in [-0.4, -0.2) is 25.9 Å². The highest BCUT2D eigenvalue weighted by molar-refractivity contribution is 7.99. The highest BCUT2D eigenvalue weighted by Gasteiger charge is 2.09.